The van der Waals surface area contributed by atoms with Crippen LogP contribution in [-0.4, -0.2) is 57.4 Å². The predicted molar refractivity (Wildman–Crippen MR) is 105 cm³/mol. The van der Waals surface area contributed by atoms with Crippen molar-refractivity contribution in [3.63, 3.8) is 0 Å². The van der Waals surface area contributed by atoms with Crippen molar-refractivity contribution in [2.24, 2.45) is 0 Å². The largest absolute Gasteiger partial charge is 0.493 e. The van der Waals surface area contributed by atoms with Crippen LogP contribution in [0.2, 0.25) is 0 Å². The lowest BCUT2D eigenvalue weighted by atomic mass is 9.85. The standard InChI is InChI=1S/C21H36N2O2/c1-18-7-8-20(19(17-18)21(2,3)4)25-14-6-5-9-22-10-11-23-12-15-24-16-13-23/h7-8,17,22H,5-6,9-16H2,1-4H3. The van der Waals surface area contributed by atoms with Crippen molar-refractivity contribution in [1.29, 1.82) is 0 Å². The van der Waals surface area contributed by atoms with Gasteiger partial charge in [0.15, 0.2) is 0 Å². The maximum absolute atomic E-state index is 6.07. The third-order valence-corrected chi connectivity index (χ3v) is 4.66. The van der Waals surface area contributed by atoms with Gasteiger partial charge in [0.25, 0.3) is 0 Å². The summed E-state index contributed by atoms with van der Waals surface area (Å²) in [6, 6.07) is 6.51. The van der Waals surface area contributed by atoms with Crippen molar-refractivity contribution in [2.75, 3.05) is 52.5 Å². The summed E-state index contributed by atoms with van der Waals surface area (Å²) in [6.45, 7) is 16.8. The van der Waals surface area contributed by atoms with Crippen LogP contribution < -0.4 is 10.1 Å². The van der Waals surface area contributed by atoms with Crippen LogP contribution in [0, 0.1) is 6.92 Å². The summed E-state index contributed by atoms with van der Waals surface area (Å²) in [5.41, 5.74) is 2.71. The minimum absolute atomic E-state index is 0.113. The number of rotatable bonds is 9. The van der Waals surface area contributed by atoms with Gasteiger partial charge in [-0.15, -0.1) is 0 Å². The van der Waals surface area contributed by atoms with Crippen molar-refractivity contribution >= 4 is 0 Å². The van der Waals surface area contributed by atoms with Gasteiger partial charge in [0.2, 0.25) is 0 Å². The van der Waals surface area contributed by atoms with Gasteiger partial charge in [0.05, 0.1) is 19.8 Å². The molecule has 142 valence electrons. The first-order valence-electron chi connectivity index (χ1n) is 9.71. The van der Waals surface area contributed by atoms with Crippen LogP contribution in [0.4, 0.5) is 0 Å². The molecule has 1 fully saturated rings. The number of hydrogen-bond donors (Lipinski definition) is 1. The molecule has 4 nitrogen and oxygen atoms in total. The van der Waals surface area contributed by atoms with Gasteiger partial charge < -0.3 is 14.8 Å². The summed E-state index contributed by atoms with van der Waals surface area (Å²) in [4.78, 5) is 2.46. The molecule has 1 aromatic rings. The zero-order chi connectivity index (χ0) is 18.1. The maximum Gasteiger partial charge on any atom is 0.123 e. The molecule has 0 spiro atoms. The van der Waals surface area contributed by atoms with E-state index in [0.29, 0.717) is 0 Å². The fraction of sp³-hybridized carbons (Fsp3) is 0.714. The van der Waals surface area contributed by atoms with E-state index in [-0.39, 0.29) is 5.41 Å². The second-order valence-electron chi connectivity index (χ2n) is 8.01. The Balaban J connectivity index is 1.58. The third kappa shape index (κ3) is 7.35. The maximum atomic E-state index is 6.07. The van der Waals surface area contributed by atoms with Crippen molar-refractivity contribution < 1.29 is 9.47 Å². The number of unbranched alkanes of at least 4 members (excludes halogenated alkanes) is 1. The molecule has 0 saturated carbocycles. The molecule has 2 rings (SSSR count). The van der Waals surface area contributed by atoms with Crippen LogP contribution in [0.15, 0.2) is 18.2 Å². The number of benzene rings is 1. The van der Waals surface area contributed by atoms with Crippen LogP contribution >= 0.6 is 0 Å². The van der Waals surface area contributed by atoms with Crippen molar-refractivity contribution in [2.45, 2.75) is 46.0 Å². The number of ether oxygens (including phenoxy) is 2. The molecule has 1 aliphatic rings. The first-order valence-corrected chi connectivity index (χ1v) is 9.71. The molecule has 1 aromatic carbocycles. The van der Waals surface area contributed by atoms with Crippen molar-refractivity contribution in [3.05, 3.63) is 29.3 Å². The number of nitrogens with zero attached hydrogens (tertiary/aromatic N) is 1. The summed E-state index contributed by atoms with van der Waals surface area (Å²) in [5, 5.41) is 3.54. The molecule has 0 amide bonds. The Morgan fingerprint density at radius 1 is 1.12 bits per heavy atom. The summed E-state index contributed by atoms with van der Waals surface area (Å²) in [7, 11) is 0. The van der Waals surface area contributed by atoms with E-state index in [9.17, 15) is 0 Å². The van der Waals surface area contributed by atoms with Crippen LogP contribution in [0.25, 0.3) is 0 Å². The number of nitrogens with one attached hydrogen (secondary N) is 1. The van der Waals surface area contributed by atoms with E-state index in [1.165, 1.54) is 11.1 Å². The van der Waals surface area contributed by atoms with Gasteiger partial charge >= 0.3 is 0 Å². The van der Waals surface area contributed by atoms with E-state index in [1.54, 1.807) is 0 Å². The summed E-state index contributed by atoms with van der Waals surface area (Å²) in [5.74, 6) is 1.04. The number of hydrogen-bond acceptors (Lipinski definition) is 4. The summed E-state index contributed by atoms with van der Waals surface area (Å²) in [6.07, 6.45) is 2.24. The molecule has 0 aromatic heterocycles. The fourth-order valence-electron chi connectivity index (χ4n) is 3.08. The highest BCUT2D eigenvalue weighted by atomic mass is 16.5. The zero-order valence-electron chi connectivity index (χ0n) is 16.6. The smallest absolute Gasteiger partial charge is 0.123 e. The van der Waals surface area contributed by atoms with Gasteiger partial charge in [0, 0.05) is 26.2 Å². The quantitative estimate of drug-likeness (QED) is 0.694. The van der Waals surface area contributed by atoms with E-state index in [4.69, 9.17) is 9.47 Å². The zero-order valence-corrected chi connectivity index (χ0v) is 16.6. The molecule has 1 heterocycles. The first kappa shape index (κ1) is 20.2. The highest BCUT2D eigenvalue weighted by Gasteiger charge is 2.19. The molecule has 0 aliphatic carbocycles. The lowest BCUT2D eigenvalue weighted by Crippen LogP contribution is -2.40. The molecule has 25 heavy (non-hydrogen) atoms. The Bertz CT molecular complexity index is 505. The topological polar surface area (TPSA) is 33.7 Å². The van der Waals surface area contributed by atoms with Gasteiger partial charge in [-0.1, -0.05) is 38.5 Å². The number of aryl methyl sites for hydroxylation is 1. The molecule has 1 saturated heterocycles. The molecule has 1 N–H and O–H groups in total. The van der Waals surface area contributed by atoms with Crippen molar-refractivity contribution in [3.8, 4) is 5.75 Å². The minimum Gasteiger partial charge on any atom is -0.493 e. The minimum atomic E-state index is 0.113. The van der Waals surface area contributed by atoms with Gasteiger partial charge in [-0.2, -0.15) is 0 Å². The van der Waals surface area contributed by atoms with E-state index >= 15 is 0 Å². The van der Waals surface area contributed by atoms with E-state index in [1.807, 2.05) is 0 Å². The molecular weight excluding hydrogens is 312 g/mol. The first-order chi connectivity index (χ1) is 12.0. The summed E-state index contributed by atoms with van der Waals surface area (Å²) < 4.78 is 11.4. The SMILES string of the molecule is Cc1ccc(OCCCCNCCN2CCOCC2)c(C(C)(C)C)c1. The molecule has 4 heteroatoms. The lowest BCUT2D eigenvalue weighted by molar-refractivity contribution is 0.0384. The predicted octanol–water partition coefficient (Wildman–Crippen LogP) is 3.37. The van der Waals surface area contributed by atoms with E-state index < -0.39 is 0 Å². The Kier molecular flexibility index (Phi) is 8.20. The van der Waals surface area contributed by atoms with Gasteiger partial charge in [-0.25, -0.2) is 0 Å². The Morgan fingerprint density at radius 2 is 1.88 bits per heavy atom. The normalized spacial score (nSPS) is 16.2. The Labute approximate surface area is 153 Å². The van der Waals surface area contributed by atoms with Gasteiger partial charge in [0.1, 0.15) is 5.75 Å². The average Bonchev–Trinajstić information content (AvgIpc) is 2.58. The Hall–Kier alpha value is -1.10. The molecule has 0 radical (unpaired) electrons. The third-order valence-electron chi connectivity index (χ3n) is 4.66. The molecular formula is C21H36N2O2. The van der Waals surface area contributed by atoms with E-state index in [2.05, 4.69) is 56.1 Å². The van der Waals surface area contributed by atoms with Gasteiger partial charge in [-0.3, -0.25) is 4.90 Å². The van der Waals surface area contributed by atoms with E-state index in [0.717, 1.165) is 71.1 Å². The fourth-order valence-corrected chi connectivity index (χ4v) is 3.08. The van der Waals surface area contributed by atoms with Gasteiger partial charge in [-0.05, 0) is 43.4 Å². The molecule has 1 aliphatic heterocycles. The van der Waals surface area contributed by atoms with Crippen LogP contribution in [0.1, 0.15) is 44.7 Å². The number of morpholine rings is 1. The Morgan fingerprint density at radius 3 is 2.60 bits per heavy atom. The average molecular weight is 349 g/mol. The highest BCUT2D eigenvalue weighted by Crippen LogP contribution is 2.32. The van der Waals surface area contributed by atoms with Crippen LogP contribution in [0.5, 0.6) is 5.75 Å². The van der Waals surface area contributed by atoms with Crippen molar-refractivity contribution in [1.82, 2.24) is 10.2 Å². The second kappa shape index (κ2) is 10.1. The molecule has 0 unspecified atom stereocenters. The highest BCUT2D eigenvalue weighted by molar-refractivity contribution is 5.41. The second-order valence-corrected chi connectivity index (χ2v) is 8.01. The monoisotopic (exact) mass is 348 g/mol. The molecule has 0 bridgehead atoms. The van der Waals surface area contributed by atoms with Crippen LogP contribution in [0.3, 0.4) is 0 Å². The molecule has 0 atom stereocenters. The summed E-state index contributed by atoms with van der Waals surface area (Å²) >= 11 is 0. The lowest BCUT2D eigenvalue weighted by Gasteiger charge is -2.26. The van der Waals surface area contributed by atoms with Crippen LogP contribution in [-0.2, 0) is 10.2 Å².